The molecule has 2 unspecified atom stereocenters. The number of ether oxygens (including phenoxy) is 1. The largest absolute Gasteiger partial charge is 0.488 e. The Morgan fingerprint density at radius 3 is 2.32 bits per heavy atom. The molecule has 1 aliphatic heterocycles. The van der Waals surface area contributed by atoms with Crippen molar-refractivity contribution in [3.63, 3.8) is 0 Å². The Morgan fingerprint density at radius 1 is 1.23 bits per heavy atom. The fraction of sp³-hybridized carbons (Fsp3) is 0.625. The van der Waals surface area contributed by atoms with Crippen LogP contribution < -0.4 is 4.74 Å². The summed E-state index contributed by atoms with van der Waals surface area (Å²) in [4.78, 5) is -0.0123. The SMILES string of the molecule is CC(C)Oc1ccc(S(=O)(=O)N2C(C)CCCC2C)cc1F. The van der Waals surface area contributed by atoms with E-state index in [1.54, 1.807) is 13.8 Å². The van der Waals surface area contributed by atoms with Crippen LogP contribution in [0.25, 0.3) is 0 Å². The summed E-state index contributed by atoms with van der Waals surface area (Å²) in [6, 6.07) is 3.74. The van der Waals surface area contributed by atoms with Gasteiger partial charge in [-0.25, -0.2) is 12.8 Å². The molecule has 1 fully saturated rings. The lowest BCUT2D eigenvalue weighted by Crippen LogP contribution is -2.47. The van der Waals surface area contributed by atoms with Crippen molar-refractivity contribution < 1.29 is 17.5 Å². The van der Waals surface area contributed by atoms with Gasteiger partial charge in [0.1, 0.15) is 0 Å². The molecule has 0 radical (unpaired) electrons. The maximum atomic E-state index is 14.1. The van der Waals surface area contributed by atoms with E-state index < -0.39 is 15.8 Å². The van der Waals surface area contributed by atoms with Crippen LogP contribution in [0.4, 0.5) is 4.39 Å². The summed E-state index contributed by atoms with van der Waals surface area (Å²) < 4.78 is 46.5. The maximum Gasteiger partial charge on any atom is 0.243 e. The van der Waals surface area contributed by atoms with E-state index in [1.807, 2.05) is 13.8 Å². The minimum Gasteiger partial charge on any atom is -0.488 e. The molecule has 4 nitrogen and oxygen atoms in total. The minimum absolute atomic E-state index is 0.0123. The Morgan fingerprint density at radius 2 is 1.82 bits per heavy atom. The van der Waals surface area contributed by atoms with Crippen LogP contribution in [0.3, 0.4) is 0 Å². The van der Waals surface area contributed by atoms with Crippen LogP contribution in [0.5, 0.6) is 5.75 Å². The number of nitrogens with zero attached hydrogens (tertiary/aromatic N) is 1. The van der Waals surface area contributed by atoms with Gasteiger partial charge in [-0.05, 0) is 58.7 Å². The normalized spacial score (nSPS) is 23.7. The van der Waals surface area contributed by atoms with E-state index >= 15 is 0 Å². The predicted octanol–water partition coefficient (Wildman–Crippen LogP) is 3.56. The van der Waals surface area contributed by atoms with Crippen LogP contribution in [-0.4, -0.2) is 30.9 Å². The van der Waals surface area contributed by atoms with Crippen molar-refractivity contribution >= 4 is 10.0 Å². The topological polar surface area (TPSA) is 46.6 Å². The summed E-state index contributed by atoms with van der Waals surface area (Å²) in [6.07, 6.45) is 2.52. The monoisotopic (exact) mass is 329 g/mol. The summed E-state index contributed by atoms with van der Waals surface area (Å²) in [5.41, 5.74) is 0. The summed E-state index contributed by atoms with van der Waals surface area (Å²) >= 11 is 0. The van der Waals surface area contributed by atoms with Crippen molar-refractivity contribution in [2.75, 3.05) is 0 Å². The second-order valence-electron chi connectivity index (χ2n) is 6.22. The smallest absolute Gasteiger partial charge is 0.243 e. The molecule has 22 heavy (non-hydrogen) atoms. The van der Waals surface area contributed by atoms with E-state index in [9.17, 15) is 12.8 Å². The number of piperidine rings is 1. The Hall–Kier alpha value is -1.14. The molecule has 124 valence electrons. The van der Waals surface area contributed by atoms with Gasteiger partial charge < -0.3 is 4.74 Å². The predicted molar refractivity (Wildman–Crippen MR) is 84.0 cm³/mol. The number of hydrogen-bond acceptors (Lipinski definition) is 3. The minimum atomic E-state index is -3.69. The summed E-state index contributed by atoms with van der Waals surface area (Å²) in [5, 5.41) is 0. The number of sulfonamides is 1. The molecule has 0 N–H and O–H groups in total. The summed E-state index contributed by atoms with van der Waals surface area (Å²) in [6.45, 7) is 7.39. The van der Waals surface area contributed by atoms with E-state index in [2.05, 4.69) is 0 Å². The van der Waals surface area contributed by atoms with Crippen LogP contribution in [0, 0.1) is 5.82 Å². The second-order valence-corrected chi connectivity index (χ2v) is 8.07. The van der Waals surface area contributed by atoms with Gasteiger partial charge in [0, 0.05) is 12.1 Å². The lowest BCUT2D eigenvalue weighted by atomic mass is 10.0. The van der Waals surface area contributed by atoms with Crippen molar-refractivity contribution in [1.82, 2.24) is 4.31 Å². The Bertz CT molecular complexity index is 620. The van der Waals surface area contributed by atoms with Crippen LogP contribution in [0.1, 0.15) is 47.0 Å². The molecule has 0 amide bonds. The van der Waals surface area contributed by atoms with Crippen LogP contribution in [0.15, 0.2) is 23.1 Å². The molecule has 1 heterocycles. The van der Waals surface area contributed by atoms with E-state index in [4.69, 9.17) is 4.74 Å². The third-order valence-electron chi connectivity index (χ3n) is 3.95. The van der Waals surface area contributed by atoms with Crippen LogP contribution >= 0.6 is 0 Å². The average Bonchev–Trinajstić information content (AvgIpc) is 2.40. The zero-order valence-corrected chi connectivity index (χ0v) is 14.4. The van der Waals surface area contributed by atoms with Crippen molar-refractivity contribution in [2.45, 2.75) is 70.0 Å². The maximum absolute atomic E-state index is 14.1. The van der Waals surface area contributed by atoms with Gasteiger partial charge in [-0.1, -0.05) is 6.42 Å². The molecule has 0 aliphatic carbocycles. The molecule has 0 aromatic heterocycles. The van der Waals surface area contributed by atoms with E-state index in [0.29, 0.717) is 0 Å². The molecule has 6 heteroatoms. The third-order valence-corrected chi connectivity index (χ3v) is 6.08. The number of rotatable bonds is 4. The molecule has 2 rings (SSSR count). The molecule has 1 saturated heterocycles. The zero-order chi connectivity index (χ0) is 16.5. The number of benzene rings is 1. The van der Waals surface area contributed by atoms with Gasteiger partial charge in [0.05, 0.1) is 11.0 Å². The highest BCUT2D eigenvalue weighted by Crippen LogP contribution is 2.31. The van der Waals surface area contributed by atoms with Crippen molar-refractivity contribution in [2.24, 2.45) is 0 Å². The molecule has 2 atom stereocenters. The van der Waals surface area contributed by atoms with Gasteiger partial charge in [-0.15, -0.1) is 0 Å². The molecule has 1 aromatic rings. The molecule has 0 bridgehead atoms. The Labute approximate surface area is 132 Å². The van der Waals surface area contributed by atoms with Gasteiger partial charge >= 0.3 is 0 Å². The fourth-order valence-electron chi connectivity index (χ4n) is 2.98. The highest BCUT2D eigenvalue weighted by atomic mass is 32.2. The Kier molecular flexibility index (Phi) is 5.12. The molecular weight excluding hydrogens is 305 g/mol. The quantitative estimate of drug-likeness (QED) is 0.848. The van der Waals surface area contributed by atoms with Crippen molar-refractivity contribution in [3.05, 3.63) is 24.0 Å². The van der Waals surface area contributed by atoms with Gasteiger partial charge in [0.15, 0.2) is 11.6 Å². The fourth-order valence-corrected chi connectivity index (χ4v) is 4.88. The van der Waals surface area contributed by atoms with Crippen molar-refractivity contribution in [1.29, 1.82) is 0 Å². The van der Waals surface area contributed by atoms with Crippen LogP contribution in [0.2, 0.25) is 0 Å². The first-order valence-electron chi connectivity index (χ1n) is 7.73. The molecule has 0 spiro atoms. The summed E-state index contributed by atoms with van der Waals surface area (Å²) in [7, 11) is -3.69. The second kappa shape index (κ2) is 6.54. The molecule has 1 aromatic carbocycles. The van der Waals surface area contributed by atoms with E-state index in [-0.39, 0.29) is 28.8 Å². The van der Waals surface area contributed by atoms with Gasteiger partial charge in [0.2, 0.25) is 10.0 Å². The highest BCUT2D eigenvalue weighted by Gasteiger charge is 2.36. The Balaban J connectivity index is 2.35. The molecule has 1 aliphatic rings. The van der Waals surface area contributed by atoms with E-state index in [1.165, 1.54) is 16.4 Å². The van der Waals surface area contributed by atoms with Gasteiger partial charge in [-0.2, -0.15) is 4.31 Å². The number of hydrogen-bond donors (Lipinski definition) is 0. The van der Waals surface area contributed by atoms with Crippen molar-refractivity contribution in [3.8, 4) is 5.75 Å². The highest BCUT2D eigenvalue weighted by molar-refractivity contribution is 7.89. The first-order valence-corrected chi connectivity index (χ1v) is 9.17. The van der Waals surface area contributed by atoms with Gasteiger partial charge in [-0.3, -0.25) is 0 Å². The molecule has 0 saturated carbocycles. The van der Waals surface area contributed by atoms with Crippen LogP contribution in [-0.2, 0) is 10.0 Å². The molecular formula is C16H24FNO3S. The lowest BCUT2D eigenvalue weighted by molar-refractivity contribution is 0.204. The van der Waals surface area contributed by atoms with Gasteiger partial charge in [0.25, 0.3) is 0 Å². The van der Waals surface area contributed by atoms with E-state index in [0.717, 1.165) is 25.3 Å². The first kappa shape index (κ1) is 17.2. The first-order chi connectivity index (χ1) is 10.2. The summed E-state index contributed by atoms with van der Waals surface area (Å²) in [5.74, 6) is -0.569. The lowest BCUT2D eigenvalue weighted by Gasteiger charge is -2.37. The standard InChI is InChI=1S/C16H24FNO3S/c1-11(2)21-16-9-8-14(10-15(16)17)22(19,20)18-12(3)6-5-7-13(18)4/h8-13H,5-7H2,1-4H3. The third kappa shape index (κ3) is 3.43. The zero-order valence-electron chi connectivity index (χ0n) is 13.5. The number of halogens is 1. The average molecular weight is 329 g/mol.